The van der Waals surface area contributed by atoms with Gasteiger partial charge in [0, 0.05) is 21.5 Å². The summed E-state index contributed by atoms with van der Waals surface area (Å²) in [5.41, 5.74) is 1.78. The molecule has 0 aliphatic carbocycles. The summed E-state index contributed by atoms with van der Waals surface area (Å²) in [6, 6.07) is 16.8. The number of aromatic hydroxyl groups is 2. The van der Waals surface area contributed by atoms with Crippen LogP contribution in [0.25, 0.3) is 49.2 Å². The van der Waals surface area contributed by atoms with Gasteiger partial charge in [0.05, 0.1) is 32.1 Å². The molecule has 0 unspecified atom stereocenters. The largest absolute Gasteiger partial charge is 0.505 e. The Balaban J connectivity index is 1.89. The lowest BCUT2D eigenvalue weighted by Gasteiger charge is -2.15. The van der Waals surface area contributed by atoms with E-state index in [1.165, 1.54) is 0 Å². The molecular weight excluding hydrogens is 437 g/mol. The number of hydrogen-bond acceptors (Lipinski definition) is 4. The minimum Gasteiger partial charge on any atom is -0.505 e. The van der Waals surface area contributed by atoms with Gasteiger partial charge in [0.2, 0.25) is 5.75 Å². The summed E-state index contributed by atoms with van der Waals surface area (Å²) in [6.07, 6.45) is 0. The van der Waals surface area contributed by atoms with Crippen LogP contribution < -0.4 is 10.9 Å². The summed E-state index contributed by atoms with van der Waals surface area (Å²) in [6.45, 7) is 0. The smallest absolute Gasteiger partial charge is 0.321 e. The fourth-order valence-corrected chi connectivity index (χ4v) is 5.21. The first kappa shape index (κ1) is 19.8. The molecule has 0 atom stereocenters. The Hall–Kier alpha value is -3.90. The molecule has 6 rings (SSSR count). The van der Waals surface area contributed by atoms with E-state index in [0.29, 0.717) is 16.0 Å². The average molecular weight is 448 g/mol. The van der Waals surface area contributed by atoms with Crippen LogP contribution >= 0.6 is 11.6 Å². The monoisotopic (exact) mass is 448 g/mol. The van der Waals surface area contributed by atoms with E-state index in [-0.39, 0.29) is 16.5 Å². The van der Waals surface area contributed by atoms with Gasteiger partial charge in [-0.1, -0.05) is 58.9 Å². The molecule has 6 nitrogen and oxygen atoms in total. The van der Waals surface area contributed by atoms with E-state index in [1.807, 2.05) is 42.5 Å². The molecular formula is C24H11B2ClN2O4. The molecule has 2 N–H and O–H groups in total. The van der Waals surface area contributed by atoms with Crippen LogP contribution in [0, 0.1) is 10.1 Å². The van der Waals surface area contributed by atoms with Gasteiger partial charge in [-0.15, -0.1) is 0 Å². The quantitative estimate of drug-likeness (QED) is 0.181. The molecule has 0 saturated heterocycles. The average Bonchev–Trinajstić information content (AvgIpc) is 3.32. The summed E-state index contributed by atoms with van der Waals surface area (Å²) in [5, 5.41) is 36.4. The molecule has 0 aliphatic heterocycles. The maximum Gasteiger partial charge on any atom is 0.321 e. The van der Waals surface area contributed by atoms with Gasteiger partial charge >= 0.3 is 5.69 Å². The minimum atomic E-state index is -0.924. The number of nitrogens with zero attached hydrogens (tertiary/aromatic N) is 2. The number of nitro benzene ring substituents is 1. The molecule has 154 valence electrons. The van der Waals surface area contributed by atoms with E-state index in [9.17, 15) is 20.3 Å². The highest BCUT2D eigenvalue weighted by atomic mass is 35.5. The van der Waals surface area contributed by atoms with Gasteiger partial charge < -0.3 is 14.6 Å². The summed E-state index contributed by atoms with van der Waals surface area (Å²) in [5.74, 6) is -1.74. The van der Waals surface area contributed by atoms with Gasteiger partial charge in [-0.2, -0.15) is 0 Å². The molecule has 33 heavy (non-hydrogen) atoms. The lowest BCUT2D eigenvalue weighted by atomic mass is 9.74. The number of hydrogen-bond donors (Lipinski definition) is 2. The van der Waals surface area contributed by atoms with Crippen LogP contribution in [0.2, 0.25) is 5.02 Å². The Bertz CT molecular complexity index is 1810. The Morgan fingerprint density at radius 1 is 0.848 bits per heavy atom. The topological polar surface area (TPSA) is 88.0 Å². The third kappa shape index (κ3) is 2.36. The molecule has 0 fully saturated rings. The number of para-hydroxylation sites is 1. The Kier molecular flexibility index (Phi) is 3.93. The number of nitro groups is 1. The molecule has 6 aromatic rings. The zero-order valence-corrected chi connectivity index (χ0v) is 17.6. The summed E-state index contributed by atoms with van der Waals surface area (Å²) >= 11 is 6.54. The first-order valence-electron chi connectivity index (χ1n) is 9.96. The third-order valence-electron chi connectivity index (χ3n) is 6.27. The van der Waals surface area contributed by atoms with Crippen molar-refractivity contribution in [3.05, 3.63) is 69.7 Å². The van der Waals surface area contributed by atoms with Crippen molar-refractivity contribution >= 4 is 82.0 Å². The third-order valence-corrected chi connectivity index (χ3v) is 6.58. The van der Waals surface area contributed by atoms with Gasteiger partial charge in [0.1, 0.15) is 15.7 Å². The Labute approximate surface area is 193 Å². The second-order valence-electron chi connectivity index (χ2n) is 7.88. The number of benzene rings is 4. The van der Waals surface area contributed by atoms with E-state index in [0.717, 1.165) is 32.7 Å². The van der Waals surface area contributed by atoms with Crippen LogP contribution in [0.5, 0.6) is 11.5 Å². The van der Waals surface area contributed by atoms with Gasteiger partial charge in [-0.3, -0.25) is 10.1 Å². The first-order valence-corrected chi connectivity index (χ1v) is 10.3. The van der Waals surface area contributed by atoms with Gasteiger partial charge in [0.15, 0.2) is 5.75 Å². The number of halogens is 1. The van der Waals surface area contributed by atoms with Crippen molar-refractivity contribution in [2.75, 3.05) is 0 Å². The molecule has 0 saturated carbocycles. The van der Waals surface area contributed by atoms with Gasteiger partial charge in [-0.05, 0) is 23.8 Å². The normalized spacial score (nSPS) is 11.9. The van der Waals surface area contributed by atoms with Crippen LogP contribution in [0.15, 0.2) is 54.6 Å². The van der Waals surface area contributed by atoms with Crippen molar-refractivity contribution in [2.45, 2.75) is 0 Å². The molecule has 4 radical (unpaired) electrons. The minimum absolute atomic E-state index is 0.0465. The summed E-state index contributed by atoms with van der Waals surface area (Å²) in [7, 11) is 12.1. The SMILES string of the molecule is [B]c1c([B])c(-c2cccc3c2c2cccc4c5c(Cl)cccc5n3c42)c([N+](=O)[O-])c(O)c1O. The second kappa shape index (κ2) is 6.56. The van der Waals surface area contributed by atoms with Crippen molar-refractivity contribution in [1.82, 2.24) is 4.40 Å². The Morgan fingerprint density at radius 3 is 2.15 bits per heavy atom. The van der Waals surface area contributed by atoms with Crippen LogP contribution in [-0.4, -0.2) is 35.2 Å². The van der Waals surface area contributed by atoms with E-state index in [1.54, 1.807) is 12.1 Å². The van der Waals surface area contributed by atoms with E-state index in [4.69, 9.17) is 27.3 Å². The highest BCUT2D eigenvalue weighted by molar-refractivity contribution is 6.53. The van der Waals surface area contributed by atoms with Crippen LogP contribution in [0.3, 0.4) is 0 Å². The lowest BCUT2D eigenvalue weighted by molar-refractivity contribution is -0.385. The van der Waals surface area contributed by atoms with E-state index < -0.39 is 22.1 Å². The number of phenolic OH excluding ortho intramolecular Hbond substituents is 2. The molecule has 0 bridgehead atoms. The maximum absolute atomic E-state index is 11.9. The zero-order valence-electron chi connectivity index (χ0n) is 16.8. The predicted molar refractivity (Wildman–Crippen MR) is 132 cm³/mol. The van der Waals surface area contributed by atoms with Crippen molar-refractivity contribution in [3.8, 4) is 22.6 Å². The zero-order chi connectivity index (χ0) is 23.2. The van der Waals surface area contributed by atoms with Gasteiger partial charge in [0.25, 0.3) is 0 Å². The lowest BCUT2D eigenvalue weighted by Crippen LogP contribution is -2.29. The van der Waals surface area contributed by atoms with Crippen molar-refractivity contribution in [2.24, 2.45) is 0 Å². The molecule has 0 aliphatic rings. The number of aromatic nitrogens is 1. The molecule has 4 aromatic carbocycles. The number of rotatable bonds is 2. The van der Waals surface area contributed by atoms with Crippen LogP contribution in [-0.2, 0) is 0 Å². The summed E-state index contributed by atoms with van der Waals surface area (Å²) in [4.78, 5) is 11.1. The molecule has 0 spiro atoms. The Morgan fingerprint density at radius 2 is 1.45 bits per heavy atom. The standard InChI is InChI=1S/C24H11B2ClN2O4/c25-19-18(22(29(32)33)24(31)23(30)20(19)26)10-4-2-8-14-16(10)11-5-1-6-12-17-13(27)7-3-9-15(17)28(14)21(11)12/h1-9,30-31H. The second-order valence-corrected chi connectivity index (χ2v) is 8.28. The van der Waals surface area contributed by atoms with Crippen molar-refractivity contribution in [3.63, 3.8) is 0 Å². The molecule has 2 aromatic heterocycles. The van der Waals surface area contributed by atoms with Gasteiger partial charge in [-0.25, -0.2) is 0 Å². The van der Waals surface area contributed by atoms with Crippen molar-refractivity contribution < 1.29 is 15.1 Å². The molecule has 0 amide bonds. The number of fused-ring (bicyclic) bond motifs is 6. The fourth-order valence-electron chi connectivity index (χ4n) is 4.94. The number of phenols is 2. The highest BCUT2D eigenvalue weighted by Crippen LogP contribution is 2.47. The van der Waals surface area contributed by atoms with Crippen molar-refractivity contribution in [1.29, 1.82) is 0 Å². The van der Waals surface area contributed by atoms with Crippen LogP contribution in [0.1, 0.15) is 0 Å². The summed E-state index contributed by atoms with van der Waals surface area (Å²) < 4.78 is 2.07. The maximum atomic E-state index is 11.9. The van der Waals surface area contributed by atoms with E-state index >= 15 is 0 Å². The first-order chi connectivity index (χ1) is 15.8. The highest BCUT2D eigenvalue weighted by Gasteiger charge is 2.30. The molecule has 9 heteroatoms. The molecule has 2 heterocycles. The van der Waals surface area contributed by atoms with E-state index in [2.05, 4.69) is 4.40 Å². The fraction of sp³-hybridized carbons (Fsp3) is 0. The van der Waals surface area contributed by atoms with Crippen LogP contribution in [0.4, 0.5) is 5.69 Å². The predicted octanol–water partition coefficient (Wildman–Crippen LogP) is 4.06.